The summed E-state index contributed by atoms with van der Waals surface area (Å²) in [6, 6.07) is 13.5. The Bertz CT molecular complexity index is 1050. The van der Waals surface area contributed by atoms with E-state index < -0.39 is 10.0 Å². The third-order valence-corrected chi connectivity index (χ3v) is 8.71. The van der Waals surface area contributed by atoms with E-state index in [9.17, 15) is 18.0 Å². The van der Waals surface area contributed by atoms with Crippen LogP contribution in [0.25, 0.3) is 0 Å². The monoisotopic (exact) mass is 480 g/mol. The molecule has 0 N–H and O–H groups in total. The molecule has 0 bridgehead atoms. The van der Waals surface area contributed by atoms with Crippen LogP contribution in [0.15, 0.2) is 53.4 Å². The molecule has 0 spiro atoms. The topological polar surface area (TPSA) is 74.8 Å². The second kappa shape index (κ2) is 10.2. The van der Waals surface area contributed by atoms with Gasteiger partial charge in [-0.15, -0.1) is 11.8 Å². The molecular weight excluding hydrogens is 456 g/mol. The zero-order chi connectivity index (χ0) is 22.6. The number of rotatable bonds is 7. The van der Waals surface area contributed by atoms with Gasteiger partial charge in [-0.2, -0.15) is 4.31 Å². The maximum Gasteiger partial charge on any atom is 0.243 e. The Hall–Kier alpha value is -1.87. The van der Waals surface area contributed by atoms with Crippen LogP contribution in [0.5, 0.6) is 0 Å². The highest BCUT2D eigenvalue weighted by atomic mass is 35.5. The molecule has 2 aromatic rings. The largest absolute Gasteiger partial charge is 0.339 e. The lowest BCUT2D eigenvalue weighted by Gasteiger charge is -2.34. The first-order valence-electron chi connectivity index (χ1n) is 9.95. The van der Waals surface area contributed by atoms with Crippen molar-refractivity contribution in [3.05, 3.63) is 64.7 Å². The van der Waals surface area contributed by atoms with Gasteiger partial charge in [0, 0.05) is 42.0 Å². The van der Waals surface area contributed by atoms with Crippen molar-refractivity contribution >= 4 is 45.1 Å². The van der Waals surface area contributed by atoms with Gasteiger partial charge in [0.1, 0.15) is 0 Å². The highest BCUT2D eigenvalue weighted by Gasteiger charge is 2.30. The summed E-state index contributed by atoms with van der Waals surface area (Å²) in [4.78, 5) is 25.9. The van der Waals surface area contributed by atoms with Crippen LogP contribution in [0.3, 0.4) is 0 Å². The molecule has 0 radical (unpaired) electrons. The Morgan fingerprint density at radius 2 is 1.65 bits per heavy atom. The quantitative estimate of drug-likeness (QED) is 0.562. The molecular formula is C22H25ClN2O4S2. The van der Waals surface area contributed by atoms with Crippen LogP contribution >= 0.6 is 23.4 Å². The fraction of sp³-hybridized carbons (Fsp3) is 0.364. The molecule has 3 rings (SSSR count). The second-order valence-electron chi connectivity index (χ2n) is 7.34. The van der Waals surface area contributed by atoms with Gasteiger partial charge in [-0.1, -0.05) is 41.9 Å². The van der Waals surface area contributed by atoms with Crippen molar-refractivity contribution in [3.8, 4) is 0 Å². The number of thioether (sulfide) groups is 1. The number of amides is 1. The number of benzene rings is 2. The first-order chi connectivity index (χ1) is 14.7. The van der Waals surface area contributed by atoms with E-state index in [-0.39, 0.29) is 34.9 Å². The van der Waals surface area contributed by atoms with E-state index in [1.54, 1.807) is 4.90 Å². The molecule has 0 aliphatic carbocycles. The van der Waals surface area contributed by atoms with Crippen molar-refractivity contribution in [2.24, 2.45) is 0 Å². The molecule has 2 aromatic carbocycles. The highest BCUT2D eigenvalue weighted by molar-refractivity contribution is 8.00. The standard InChI is InChI=1S/C22H25ClN2O4S2/c1-16(26)18-7-9-19(10-8-18)31(28,29)25-13-11-24(12-14-25)22(27)15-30-17(2)20-5-3-4-6-21(20)23/h3-10,17H,11-15H2,1-2H3. The number of carbonyl (C=O) groups is 2. The fourth-order valence-corrected chi connectivity index (χ4v) is 6.12. The third-order valence-electron chi connectivity index (χ3n) is 5.29. The third kappa shape index (κ3) is 5.68. The number of sulfonamides is 1. The molecule has 31 heavy (non-hydrogen) atoms. The predicted molar refractivity (Wildman–Crippen MR) is 124 cm³/mol. The number of halogens is 1. The van der Waals surface area contributed by atoms with Gasteiger partial charge in [0.15, 0.2) is 5.78 Å². The summed E-state index contributed by atoms with van der Waals surface area (Å²) in [6.07, 6.45) is 0. The molecule has 1 saturated heterocycles. The highest BCUT2D eigenvalue weighted by Crippen LogP contribution is 2.33. The number of carbonyl (C=O) groups excluding carboxylic acids is 2. The van der Waals surface area contributed by atoms with Gasteiger partial charge in [-0.3, -0.25) is 9.59 Å². The van der Waals surface area contributed by atoms with Crippen molar-refractivity contribution in [1.82, 2.24) is 9.21 Å². The van der Waals surface area contributed by atoms with Crippen molar-refractivity contribution in [1.29, 1.82) is 0 Å². The number of ketones is 1. The summed E-state index contributed by atoms with van der Waals surface area (Å²) in [5.74, 6) is 0.190. The summed E-state index contributed by atoms with van der Waals surface area (Å²) >= 11 is 7.75. The van der Waals surface area contributed by atoms with Gasteiger partial charge in [0.2, 0.25) is 15.9 Å². The summed E-state index contributed by atoms with van der Waals surface area (Å²) in [5.41, 5.74) is 1.46. The van der Waals surface area contributed by atoms with Gasteiger partial charge in [-0.05, 0) is 37.6 Å². The minimum atomic E-state index is -3.66. The fourth-order valence-electron chi connectivity index (χ4n) is 3.37. The van der Waals surface area contributed by atoms with Crippen LogP contribution in [0.1, 0.15) is 35.0 Å². The van der Waals surface area contributed by atoms with E-state index in [1.165, 1.54) is 47.3 Å². The molecule has 0 saturated carbocycles. The number of Topliss-reactive ketones (excluding diaryl/α,β-unsaturated/α-hetero) is 1. The van der Waals surface area contributed by atoms with Gasteiger partial charge in [-0.25, -0.2) is 8.42 Å². The Morgan fingerprint density at radius 3 is 2.23 bits per heavy atom. The lowest BCUT2D eigenvalue weighted by Crippen LogP contribution is -2.51. The average molecular weight is 481 g/mol. The lowest BCUT2D eigenvalue weighted by molar-refractivity contribution is -0.129. The molecule has 9 heteroatoms. The smallest absolute Gasteiger partial charge is 0.243 e. The maximum atomic E-state index is 12.9. The summed E-state index contributed by atoms with van der Waals surface area (Å²) in [7, 11) is -3.66. The molecule has 1 heterocycles. The number of nitrogens with zero attached hydrogens (tertiary/aromatic N) is 2. The molecule has 1 amide bonds. The molecule has 1 unspecified atom stereocenters. The molecule has 0 aromatic heterocycles. The first kappa shape index (κ1) is 23.8. The molecule has 1 aliphatic rings. The van der Waals surface area contributed by atoms with E-state index in [0.717, 1.165) is 5.56 Å². The minimum absolute atomic E-state index is 0.00763. The van der Waals surface area contributed by atoms with Crippen molar-refractivity contribution in [2.45, 2.75) is 24.0 Å². The summed E-state index contributed by atoms with van der Waals surface area (Å²) in [6.45, 7) is 4.64. The lowest BCUT2D eigenvalue weighted by atomic mass is 10.2. The van der Waals surface area contributed by atoms with E-state index >= 15 is 0 Å². The summed E-state index contributed by atoms with van der Waals surface area (Å²) in [5, 5.41) is 0.766. The van der Waals surface area contributed by atoms with E-state index in [2.05, 4.69) is 0 Å². The molecule has 6 nitrogen and oxygen atoms in total. The van der Waals surface area contributed by atoms with Gasteiger partial charge < -0.3 is 4.90 Å². The molecule has 1 fully saturated rings. The van der Waals surface area contributed by atoms with Gasteiger partial charge in [0.05, 0.1) is 10.6 Å². The van der Waals surface area contributed by atoms with E-state index in [4.69, 9.17) is 11.6 Å². The average Bonchev–Trinajstić information content (AvgIpc) is 2.77. The first-order valence-corrected chi connectivity index (χ1v) is 12.8. The second-order valence-corrected chi connectivity index (χ2v) is 11.0. The van der Waals surface area contributed by atoms with Crippen LogP contribution in [-0.2, 0) is 14.8 Å². The summed E-state index contributed by atoms with van der Waals surface area (Å²) < 4.78 is 27.1. The zero-order valence-electron chi connectivity index (χ0n) is 17.5. The molecule has 1 atom stereocenters. The maximum absolute atomic E-state index is 12.9. The zero-order valence-corrected chi connectivity index (χ0v) is 19.8. The van der Waals surface area contributed by atoms with Crippen LogP contribution < -0.4 is 0 Å². The van der Waals surface area contributed by atoms with Crippen LogP contribution in [0.2, 0.25) is 5.02 Å². The molecule has 1 aliphatic heterocycles. The van der Waals surface area contributed by atoms with E-state index in [1.807, 2.05) is 31.2 Å². The van der Waals surface area contributed by atoms with Crippen LogP contribution in [0, 0.1) is 0 Å². The Morgan fingerprint density at radius 1 is 1.03 bits per heavy atom. The van der Waals surface area contributed by atoms with Gasteiger partial charge in [0.25, 0.3) is 0 Å². The molecule has 166 valence electrons. The number of hydrogen-bond acceptors (Lipinski definition) is 5. The van der Waals surface area contributed by atoms with Crippen LogP contribution in [0.4, 0.5) is 0 Å². The van der Waals surface area contributed by atoms with Gasteiger partial charge >= 0.3 is 0 Å². The van der Waals surface area contributed by atoms with Crippen molar-refractivity contribution in [2.75, 3.05) is 31.9 Å². The van der Waals surface area contributed by atoms with E-state index in [0.29, 0.717) is 29.4 Å². The SMILES string of the molecule is CC(=O)c1ccc(S(=O)(=O)N2CCN(C(=O)CSC(C)c3ccccc3Cl)CC2)cc1. The Balaban J connectivity index is 1.54. The normalized spacial score (nSPS) is 16.2. The Kier molecular flexibility index (Phi) is 7.80. The van der Waals surface area contributed by atoms with Crippen LogP contribution in [-0.4, -0.2) is 61.2 Å². The predicted octanol–water partition coefficient (Wildman–Crippen LogP) is 3.87. The number of hydrogen-bond donors (Lipinski definition) is 0. The van der Waals surface area contributed by atoms with Crippen molar-refractivity contribution in [3.63, 3.8) is 0 Å². The Labute approximate surface area is 192 Å². The van der Waals surface area contributed by atoms with Crippen molar-refractivity contribution < 1.29 is 18.0 Å². The minimum Gasteiger partial charge on any atom is -0.339 e. The number of piperazine rings is 1.